The fourth-order valence-electron chi connectivity index (χ4n) is 3.58. The Bertz CT molecular complexity index is 928. The van der Waals surface area contributed by atoms with Crippen LogP contribution in [-0.2, 0) is 14.3 Å². The molecule has 158 valence electrons. The van der Waals surface area contributed by atoms with Gasteiger partial charge < -0.3 is 20.5 Å². The molecule has 0 fully saturated rings. The van der Waals surface area contributed by atoms with E-state index in [0.717, 1.165) is 22.3 Å². The predicted molar refractivity (Wildman–Crippen MR) is 112 cm³/mol. The van der Waals surface area contributed by atoms with Crippen LogP contribution in [0.3, 0.4) is 0 Å². The van der Waals surface area contributed by atoms with Crippen molar-refractivity contribution >= 4 is 18.0 Å². The van der Waals surface area contributed by atoms with Crippen LogP contribution >= 0.6 is 0 Å². The third-order valence-corrected chi connectivity index (χ3v) is 5.65. The zero-order chi connectivity index (χ0) is 21.9. The van der Waals surface area contributed by atoms with E-state index < -0.39 is 29.6 Å². The van der Waals surface area contributed by atoms with Crippen LogP contribution in [0.2, 0.25) is 0 Å². The van der Waals surface area contributed by atoms with Gasteiger partial charge in [0.25, 0.3) is 0 Å². The highest BCUT2D eigenvalue weighted by Gasteiger charge is 2.36. The first kappa shape index (κ1) is 21.4. The van der Waals surface area contributed by atoms with Crippen molar-refractivity contribution in [2.75, 3.05) is 6.61 Å². The van der Waals surface area contributed by atoms with Crippen LogP contribution in [0.4, 0.5) is 4.79 Å². The molecule has 0 saturated carbocycles. The molecule has 7 nitrogen and oxygen atoms in total. The Morgan fingerprint density at radius 3 is 2.10 bits per heavy atom. The molecular weight excluding hydrogens is 384 g/mol. The summed E-state index contributed by atoms with van der Waals surface area (Å²) >= 11 is 0. The lowest BCUT2D eigenvalue weighted by atomic mass is 9.97. The number of amides is 2. The molecule has 0 aromatic heterocycles. The van der Waals surface area contributed by atoms with Crippen LogP contribution < -0.4 is 10.6 Å². The van der Waals surface area contributed by atoms with E-state index in [0.29, 0.717) is 0 Å². The Morgan fingerprint density at radius 2 is 1.60 bits per heavy atom. The Kier molecular flexibility index (Phi) is 6.10. The van der Waals surface area contributed by atoms with Crippen LogP contribution in [0.25, 0.3) is 11.1 Å². The van der Waals surface area contributed by atoms with Crippen LogP contribution in [-0.4, -0.2) is 41.3 Å². The van der Waals surface area contributed by atoms with E-state index in [1.54, 1.807) is 13.8 Å². The number of carboxylic acid groups (broad SMARTS) is 1. The van der Waals surface area contributed by atoms with E-state index in [1.807, 2.05) is 36.4 Å². The number of ether oxygens (including phenoxy) is 1. The van der Waals surface area contributed by atoms with E-state index in [1.165, 1.54) is 6.92 Å². The van der Waals surface area contributed by atoms with Gasteiger partial charge in [0.05, 0.1) is 0 Å². The van der Waals surface area contributed by atoms with Crippen molar-refractivity contribution in [1.29, 1.82) is 0 Å². The lowest BCUT2D eigenvalue weighted by Gasteiger charge is -2.29. The number of hydrogen-bond acceptors (Lipinski definition) is 4. The number of nitrogens with one attached hydrogen (secondary N) is 2. The average Bonchev–Trinajstić information content (AvgIpc) is 3.05. The van der Waals surface area contributed by atoms with E-state index >= 15 is 0 Å². The number of carboxylic acids is 1. The number of carbonyl (C=O) groups excluding carboxylic acids is 2. The lowest BCUT2D eigenvalue weighted by Crippen LogP contribution is -2.58. The molecule has 3 N–H and O–H groups in total. The fraction of sp³-hybridized carbons (Fsp3) is 0.348. The molecule has 2 atom stereocenters. The molecule has 0 heterocycles. The lowest BCUT2D eigenvalue weighted by molar-refractivity contribution is -0.142. The van der Waals surface area contributed by atoms with Gasteiger partial charge in [-0.15, -0.1) is 0 Å². The number of fused-ring (bicyclic) bond motifs is 3. The fourth-order valence-corrected chi connectivity index (χ4v) is 3.58. The number of aliphatic carboxylic acids is 1. The summed E-state index contributed by atoms with van der Waals surface area (Å²) < 4.78 is 5.49. The molecule has 3 rings (SSSR count). The summed E-state index contributed by atoms with van der Waals surface area (Å²) in [6, 6.07) is 15.0. The summed E-state index contributed by atoms with van der Waals surface area (Å²) in [4.78, 5) is 36.0. The first-order valence-corrected chi connectivity index (χ1v) is 9.93. The van der Waals surface area contributed by atoms with E-state index in [9.17, 15) is 14.4 Å². The summed E-state index contributed by atoms with van der Waals surface area (Å²) in [5.41, 5.74) is 3.16. The molecule has 0 bridgehead atoms. The molecule has 2 aromatic carbocycles. The smallest absolute Gasteiger partial charge is 0.408 e. The van der Waals surface area contributed by atoms with Crippen LogP contribution in [0, 0.1) is 0 Å². The van der Waals surface area contributed by atoms with Crippen molar-refractivity contribution in [1.82, 2.24) is 10.6 Å². The minimum atomic E-state index is -1.29. The van der Waals surface area contributed by atoms with Crippen LogP contribution in [0.1, 0.15) is 44.2 Å². The maximum absolute atomic E-state index is 12.5. The molecule has 1 aliphatic rings. The van der Waals surface area contributed by atoms with Gasteiger partial charge in [0.1, 0.15) is 18.2 Å². The molecule has 0 radical (unpaired) electrons. The number of hydrogen-bond donors (Lipinski definition) is 3. The summed E-state index contributed by atoms with van der Waals surface area (Å²) in [5, 5.41) is 14.0. The Balaban J connectivity index is 1.68. The van der Waals surface area contributed by atoms with Gasteiger partial charge >= 0.3 is 12.1 Å². The minimum absolute atomic E-state index is 0.0862. The third-order valence-electron chi connectivity index (χ3n) is 5.65. The SMILES string of the molecule is CCC(C)(NC(=O)OCC1c2ccccc2-c2ccccc21)C(=O)N[C@@H](C)C(=O)O. The second kappa shape index (κ2) is 8.57. The second-order valence-electron chi connectivity index (χ2n) is 7.67. The van der Waals surface area contributed by atoms with Gasteiger partial charge in [0.2, 0.25) is 5.91 Å². The molecule has 1 unspecified atom stereocenters. The van der Waals surface area contributed by atoms with Crippen LogP contribution in [0.5, 0.6) is 0 Å². The normalized spacial score (nSPS) is 15.3. The number of benzene rings is 2. The molecule has 0 saturated heterocycles. The first-order chi connectivity index (χ1) is 14.3. The molecule has 2 amide bonds. The molecule has 0 aliphatic heterocycles. The second-order valence-corrected chi connectivity index (χ2v) is 7.67. The van der Waals surface area contributed by atoms with Crippen molar-refractivity contribution in [3.8, 4) is 11.1 Å². The summed E-state index contributed by atoms with van der Waals surface area (Å²) in [6.07, 6.45) is -0.450. The molecule has 0 spiro atoms. The predicted octanol–water partition coefficient (Wildman–Crippen LogP) is 3.28. The quantitative estimate of drug-likeness (QED) is 0.650. The Morgan fingerprint density at radius 1 is 1.07 bits per heavy atom. The molecular formula is C23H26N2O5. The summed E-state index contributed by atoms with van der Waals surface area (Å²) in [5.74, 6) is -1.81. The highest BCUT2D eigenvalue weighted by molar-refractivity contribution is 5.92. The number of carbonyl (C=O) groups is 3. The summed E-state index contributed by atoms with van der Waals surface area (Å²) in [6.45, 7) is 4.77. The Labute approximate surface area is 175 Å². The number of rotatable bonds is 7. The van der Waals surface area contributed by atoms with Crippen molar-refractivity contribution < 1.29 is 24.2 Å². The van der Waals surface area contributed by atoms with E-state index in [2.05, 4.69) is 22.8 Å². The van der Waals surface area contributed by atoms with Gasteiger partial charge in [-0.25, -0.2) is 4.79 Å². The first-order valence-electron chi connectivity index (χ1n) is 9.93. The maximum Gasteiger partial charge on any atom is 0.408 e. The monoisotopic (exact) mass is 410 g/mol. The van der Waals surface area contributed by atoms with Gasteiger partial charge in [-0.05, 0) is 42.5 Å². The number of alkyl carbamates (subject to hydrolysis) is 1. The van der Waals surface area contributed by atoms with Gasteiger partial charge in [-0.1, -0.05) is 55.5 Å². The van der Waals surface area contributed by atoms with Gasteiger partial charge in [-0.3, -0.25) is 9.59 Å². The molecule has 2 aromatic rings. The molecule has 30 heavy (non-hydrogen) atoms. The standard InChI is InChI=1S/C23H26N2O5/c1-4-23(3,21(28)24-14(2)20(26)27)25-22(29)30-13-19-17-11-7-5-9-15(17)16-10-6-8-12-18(16)19/h5-12,14,19H,4,13H2,1-3H3,(H,24,28)(H,25,29)(H,26,27)/t14-,23?/m0/s1. The van der Waals surface area contributed by atoms with Crippen LogP contribution in [0.15, 0.2) is 48.5 Å². The van der Waals surface area contributed by atoms with E-state index in [-0.39, 0.29) is 18.9 Å². The third kappa shape index (κ3) is 4.15. The highest BCUT2D eigenvalue weighted by atomic mass is 16.5. The zero-order valence-corrected chi connectivity index (χ0v) is 17.3. The van der Waals surface area contributed by atoms with Gasteiger partial charge in [-0.2, -0.15) is 0 Å². The molecule has 7 heteroatoms. The topological polar surface area (TPSA) is 105 Å². The zero-order valence-electron chi connectivity index (χ0n) is 17.3. The van der Waals surface area contributed by atoms with Gasteiger partial charge in [0, 0.05) is 5.92 Å². The van der Waals surface area contributed by atoms with Crippen molar-refractivity contribution in [3.05, 3.63) is 59.7 Å². The van der Waals surface area contributed by atoms with Crippen molar-refractivity contribution in [3.63, 3.8) is 0 Å². The largest absolute Gasteiger partial charge is 0.480 e. The highest BCUT2D eigenvalue weighted by Crippen LogP contribution is 2.44. The maximum atomic E-state index is 12.5. The molecule has 1 aliphatic carbocycles. The minimum Gasteiger partial charge on any atom is -0.480 e. The Hall–Kier alpha value is -3.35. The van der Waals surface area contributed by atoms with Gasteiger partial charge in [0.15, 0.2) is 0 Å². The summed E-state index contributed by atoms with van der Waals surface area (Å²) in [7, 11) is 0. The van der Waals surface area contributed by atoms with Crippen molar-refractivity contribution in [2.24, 2.45) is 0 Å². The average molecular weight is 410 g/mol. The van der Waals surface area contributed by atoms with E-state index in [4.69, 9.17) is 9.84 Å². The van der Waals surface area contributed by atoms with Crippen molar-refractivity contribution in [2.45, 2.75) is 44.7 Å².